The van der Waals surface area contributed by atoms with Gasteiger partial charge in [0.2, 0.25) is 0 Å². The highest BCUT2D eigenvalue weighted by molar-refractivity contribution is 5.95. The maximum absolute atomic E-state index is 9.78. The van der Waals surface area contributed by atoms with Crippen LogP contribution in [0.15, 0.2) is 36.5 Å². The van der Waals surface area contributed by atoms with Crippen LogP contribution in [0, 0.1) is 0 Å². The van der Waals surface area contributed by atoms with E-state index in [1.807, 2.05) is 24.3 Å². The van der Waals surface area contributed by atoms with Crippen molar-refractivity contribution < 1.29 is 9.84 Å². The van der Waals surface area contributed by atoms with Gasteiger partial charge in [-0.2, -0.15) is 5.10 Å². The number of nitrogen functional groups attached to an aromatic ring is 1. The number of benzene rings is 1. The van der Waals surface area contributed by atoms with Crippen LogP contribution >= 0.6 is 0 Å². The molecule has 3 rings (SSSR count). The lowest BCUT2D eigenvalue weighted by molar-refractivity contribution is 0.0728. The van der Waals surface area contributed by atoms with Crippen LogP contribution in [-0.2, 0) is 4.74 Å². The monoisotopic (exact) mass is 313 g/mol. The summed E-state index contributed by atoms with van der Waals surface area (Å²) in [7, 11) is 1.56. The van der Waals surface area contributed by atoms with E-state index in [9.17, 15) is 5.11 Å². The molecule has 0 amide bonds. The van der Waals surface area contributed by atoms with Crippen LogP contribution < -0.4 is 11.1 Å². The number of nitrogens with zero attached hydrogens (tertiary/aromatic N) is 2. The highest BCUT2D eigenvalue weighted by Gasteiger charge is 2.09. The molecule has 1 aromatic carbocycles. The molecule has 0 saturated heterocycles. The first-order valence-corrected chi connectivity index (χ1v) is 7.28. The van der Waals surface area contributed by atoms with Crippen LogP contribution in [0.2, 0.25) is 0 Å². The van der Waals surface area contributed by atoms with Gasteiger partial charge >= 0.3 is 0 Å². The zero-order chi connectivity index (χ0) is 16.2. The van der Waals surface area contributed by atoms with Crippen LogP contribution in [0.4, 0.5) is 11.5 Å². The van der Waals surface area contributed by atoms with Crippen molar-refractivity contribution in [3.05, 3.63) is 36.5 Å². The van der Waals surface area contributed by atoms with E-state index in [4.69, 9.17) is 10.5 Å². The molecule has 1 atom stereocenters. The van der Waals surface area contributed by atoms with E-state index in [1.54, 1.807) is 19.4 Å². The number of nitrogens with two attached hydrogens (primary N) is 1. The predicted octanol–water partition coefficient (Wildman–Crippen LogP) is 1.63. The topological polar surface area (TPSA) is 109 Å². The number of hydrogen-bond acceptors (Lipinski definition) is 6. The Hall–Kier alpha value is -2.64. The molecule has 0 bridgehead atoms. The Morgan fingerprint density at radius 1 is 1.35 bits per heavy atom. The zero-order valence-corrected chi connectivity index (χ0v) is 12.8. The lowest BCUT2D eigenvalue weighted by Crippen LogP contribution is -2.24. The number of aliphatic hydroxyl groups is 1. The second-order valence-corrected chi connectivity index (χ2v) is 5.29. The molecule has 1 unspecified atom stereocenters. The van der Waals surface area contributed by atoms with Crippen molar-refractivity contribution in [1.82, 2.24) is 15.2 Å². The maximum Gasteiger partial charge on any atom is 0.126 e. The van der Waals surface area contributed by atoms with Crippen molar-refractivity contribution in [2.45, 2.75) is 6.10 Å². The van der Waals surface area contributed by atoms with Crippen molar-refractivity contribution in [2.24, 2.45) is 0 Å². The SMILES string of the molecule is COCC(O)CNc1cc(N)nc2cc(-c3ccn[nH]3)ccc12. The molecule has 3 aromatic rings. The lowest BCUT2D eigenvalue weighted by atomic mass is 10.1. The van der Waals surface area contributed by atoms with Gasteiger partial charge in [-0.3, -0.25) is 5.10 Å². The largest absolute Gasteiger partial charge is 0.389 e. The summed E-state index contributed by atoms with van der Waals surface area (Å²) in [6.07, 6.45) is 1.12. The summed E-state index contributed by atoms with van der Waals surface area (Å²) >= 11 is 0. The van der Waals surface area contributed by atoms with Gasteiger partial charge in [0.15, 0.2) is 0 Å². The Labute approximate surface area is 133 Å². The van der Waals surface area contributed by atoms with Crippen LogP contribution in [-0.4, -0.2) is 46.7 Å². The van der Waals surface area contributed by atoms with E-state index in [2.05, 4.69) is 20.5 Å². The molecule has 0 radical (unpaired) electrons. The first-order valence-electron chi connectivity index (χ1n) is 7.28. The van der Waals surface area contributed by atoms with E-state index in [0.29, 0.717) is 12.4 Å². The molecule has 0 aliphatic carbocycles. The number of hydrogen-bond donors (Lipinski definition) is 4. The molecular formula is C16H19N5O2. The summed E-state index contributed by atoms with van der Waals surface area (Å²) in [6.45, 7) is 0.643. The third-order valence-corrected chi connectivity index (χ3v) is 3.53. The lowest BCUT2D eigenvalue weighted by Gasteiger charge is -2.14. The molecule has 0 aliphatic heterocycles. The third kappa shape index (κ3) is 3.41. The van der Waals surface area contributed by atoms with Crippen molar-refractivity contribution in [1.29, 1.82) is 0 Å². The quantitative estimate of drug-likeness (QED) is 0.551. The average molecular weight is 313 g/mol. The maximum atomic E-state index is 9.78. The smallest absolute Gasteiger partial charge is 0.126 e. The van der Waals surface area contributed by atoms with Gasteiger partial charge in [-0.1, -0.05) is 12.1 Å². The number of aromatic nitrogens is 3. The first-order chi connectivity index (χ1) is 11.2. The summed E-state index contributed by atoms with van der Waals surface area (Å²) < 4.78 is 4.92. The normalized spacial score (nSPS) is 12.4. The number of methoxy groups -OCH3 is 1. The molecule has 2 aromatic heterocycles. The number of H-pyrrole nitrogens is 1. The molecule has 5 N–H and O–H groups in total. The first kappa shape index (κ1) is 15.3. The minimum Gasteiger partial charge on any atom is -0.389 e. The van der Waals surface area contributed by atoms with E-state index in [-0.39, 0.29) is 6.61 Å². The number of nitrogens with one attached hydrogen (secondary N) is 2. The molecule has 2 heterocycles. The minimum atomic E-state index is -0.589. The highest BCUT2D eigenvalue weighted by Crippen LogP contribution is 2.28. The number of anilines is 2. The summed E-state index contributed by atoms with van der Waals surface area (Å²) in [5.74, 6) is 0.419. The average Bonchev–Trinajstić information content (AvgIpc) is 3.06. The molecule has 0 aliphatic rings. The van der Waals surface area contributed by atoms with Crippen LogP contribution in [0.1, 0.15) is 0 Å². The molecule has 7 nitrogen and oxygen atoms in total. The van der Waals surface area contributed by atoms with Gasteiger partial charge in [-0.25, -0.2) is 4.98 Å². The summed E-state index contributed by atoms with van der Waals surface area (Å²) in [6, 6.07) is 9.58. The Bertz CT molecular complexity index is 789. The predicted molar refractivity (Wildman–Crippen MR) is 90.1 cm³/mol. The van der Waals surface area contributed by atoms with Crippen molar-refractivity contribution in [3.63, 3.8) is 0 Å². The van der Waals surface area contributed by atoms with Crippen molar-refractivity contribution in [3.8, 4) is 11.3 Å². The summed E-state index contributed by atoms with van der Waals surface area (Å²) in [4.78, 5) is 4.39. The van der Waals surface area contributed by atoms with Gasteiger partial charge in [0.25, 0.3) is 0 Å². The van der Waals surface area contributed by atoms with Gasteiger partial charge in [0, 0.05) is 42.6 Å². The van der Waals surface area contributed by atoms with Gasteiger partial charge in [0.05, 0.1) is 23.9 Å². The second kappa shape index (κ2) is 6.64. The number of pyridine rings is 1. The Morgan fingerprint density at radius 3 is 2.96 bits per heavy atom. The Balaban J connectivity index is 1.92. The number of fused-ring (bicyclic) bond motifs is 1. The molecule has 7 heteroatoms. The van der Waals surface area contributed by atoms with Crippen LogP contribution in [0.3, 0.4) is 0 Å². The fourth-order valence-corrected chi connectivity index (χ4v) is 2.46. The van der Waals surface area contributed by atoms with Gasteiger partial charge in [-0.15, -0.1) is 0 Å². The fourth-order valence-electron chi connectivity index (χ4n) is 2.46. The van der Waals surface area contributed by atoms with E-state index < -0.39 is 6.10 Å². The molecule has 120 valence electrons. The highest BCUT2D eigenvalue weighted by atomic mass is 16.5. The number of aliphatic hydroxyl groups excluding tert-OH is 1. The van der Waals surface area contributed by atoms with Crippen molar-refractivity contribution >= 4 is 22.4 Å². The second-order valence-electron chi connectivity index (χ2n) is 5.29. The molecular weight excluding hydrogens is 294 g/mol. The van der Waals surface area contributed by atoms with Crippen LogP contribution in [0.25, 0.3) is 22.2 Å². The standard InChI is InChI=1S/C16H19N5O2/c1-23-9-11(22)8-18-14-7-16(17)20-15-6-10(2-3-12(14)15)13-4-5-19-21-13/h2-7,11,22H,8-9H2,1H3,(H,19,21)(H3,17,18,20). The Morgan fingerprint density at radius 2 is 2.22 bits per heavy atom. The van der Waals surface area contributed by atoms with Crippen LogP contribution in [0.5, 0.6) is 0 Å². The molecule has 0 spiro atoms. The number of aromatic amines is 1. The van der Waals surface area contributed by atoms with Crippen molar-refractivity contribution in [2.75, 3.05) is 31.3 Å². The third-order valence-electron chi connectivity index (χ3n) is 3.53. The fraction of sp³-hybridized carbons (Fsp3) is 0.250. The summed E-state index contributed by atoms with van der Waals surface area (Å²) in [5, 5.41) is 20.8. The van der Waals surface area contributed by atoms with Gasteiger partial charge in [-0.05, 0) is 12.1 Å². The van der Waals surface area contributed by atoms with E-state index in [0.717, 1.165) is 27.8 Å². The summed E-state index contributed by atoms with van der Waals surface area (Å²) in [5.41, 5.74) is 9.41. The van der Waals surface area contributed by atoms with E-state index in [1.165, 1.54) is 0 Å². The molecule has 23 heavy (non-hydrogen) atoms. The number of rotatable bonds is 6. The zero-order valence-electron chi connectivity index (χ0n) is 12.8. The van der Waals surface area contributed by atoms with Gasteiger partial charge < -0.3 is 20.9 Å². The number of ether oxygens (including phenoxy) is 1. The van der Waals surface area contributed by atoms with Gasteiger partial charge in [0.1, 0.15) is 5.82 Å². The minimum absolute atomic E-state index is 0.273. The molecule has 0 fully saturated rings. The Kier molecular flexibility index (Phi) is 4.40. The van der Waals surface area contributed by atoms with E-state index >= 15 is 0 Å². The molecule has 0 saturated carbocycles.